The molecule has 1 atom stereocenters. The average Bonchev–Trinajstić information content (AvgIpc) is 2.51. The van der Waals surface area contributed by atoms with Crippen molar-refractivity contribution in [3.63, 3.8) is 0 Å². The first kappa shape index (κ1) is 17.1. The van der Waals surface area contributed by atoms with Crippen molar-refractivity contribution in [2.75, 3.05) is 6.61 Å². The molecular weight excluding hydrogens is 288 g/mol. The van der Waals surface area contributed by atoms with Gasteiger partial charge in [0, 0.05) is 0 Å². The summed E-state index contributed by atoms with van der Waals surface area (Å²) in [6.45, 7) is 6.51. The molecule has 0 aromatic heterocycles. The number of benzene rings is 2. The van der Waals surface area contributed by atoms with Gasteiger partial charge in [0.25, 0.3) is 0 Å². The molecule has 1 N–H and O–H groups in total. The highest BCUT2D eigenvalue weighted by Gasteiger charge is 2.21. The molecule has 23 heavy (non-hydrogen) atoms. The molecule has 2 rings (SSSR count). The minimum absolute atomic E-state index is 0.475. The first-order valence-corrected chi connectivity index (χ1v) is 7.97. The molecule has 0 aliphatic heterocycles. The van der Waals surface area contributed by atoms with E-state index in [1.807, 2.05) is 63.2 Å². The van der Waals surface area contributed by atoms with Crippen LogP contribution in [0.5, 0.6) is 5.75 Å². The number of hydrogen-bond acceptors (Lipinski definition) is 2. The number of carbonyl (C=O) groups is 1. The monoisotopic (exact) mass is 312 g/mol. The number of carboxylic acid groups (broad SMARTS) is 1. The number of rotatable bonds is 7. The first-order valence-electron chi connectivity index (χ1n) is 7.97. The van der Waals surface area contributed by atoms with Crippen molar-refractivity contribution >= 4 is 5.97 Å². The molecule has 0 amide bonds. The van der Waals surface area contributed by atoms with Crippen molar-refractivity contribution in [1.82, 2.24) is 0 Å². The van der Waals surface area contributed by atoms with Gasteiger partial charge in [-0.2, -0.15) is 0 Å². The van der Waals surface area contributed by atoms with Crippen LogP contribution in [0.1, 0.15) is 41.0 Å². The van der Waals surface area contributed by atoms with Crippen molar-refractivity contribution in [2.45, 2.75) is 39.5 Å². The lowest BCUT2D eigenvalue weighted by molar-refractivity contribution is -0.139. The fourth-order valence-corrected chi connectivity index (χ4v) is 2.66. The highest BCUT2D eigenvalue weighted by Crippen LogP contribution is 2.26. The minimum Gasteiger partial charge on any atom is -0.494 e. The smallest absolute Gasteiger partial charge is 0.310 e. The van der Waals surface area contributed by atoms with Gasteiger partial charge in [-0.25, -0.2) is 0 Å². The summed E-state index contributed by atoms with van der Waals surface area (Å²) in [4.78, 5) is 11.6. The second-order valence-corrected chi connectivity index (χ2v) is 6.05. The van der Waals surface area contributed by atoms with Crippen LogP contribution in [0, 0.1) is 20.8 Å². The zero-order chi connectivity index (χ0) is 16.8. The highest BCUT2D eigenvalue weighted by molar-refractivity contribution is 5.76. The lowest BCUT2D eigenvalue weighted by Gasteiger charge is -2.16. The molecule has 0 bridgehead atoms. The van der Waals surface area contributed by atoms with Gasteiger partial charge < -0.3 is 9.84 Å². The van der Waals surface area contributed by atoms with Gasteiger partial charge in [0.1, 0.15) is 5.75 Å². The molecule has 0 heterocycles. The molecule has 122 valence electrons. The second kappa shape index (κ2) is 7.82. The first-order chi connectivity index (χ1) is 11.0. The minimum atomic E-state index is -0.769. The van der Waals surface area contributed by atoms with Gasteiger partial charge in [-0.1, -0.05) is 41.5 Å². The van der Waals surface area contributed by atoms with Crippen LogP contribution in [0.4, 0.5) is 0 Å². The zero-order valence-corrected chi connectivity index (χ0v) is 14.0. The van der Waals surface area contributed by atoms with Crippen molar-refractivity contribution < 1.29 is 14.6 Å². The molecule has 0 fully saturated rings. The Labute approximate surface area is 137 Å². The van der Waals surface area contributed by atoms with Crippen molar-refractivity contribution in [2.24, 2.45) is 0 Å². The number of hydrogen-bond donors (Lipinski definition) is 1. The van der Waals surface area contributed by atoms with Gasteiger partial charge in [0.05, 0.1) is 12.5 Å². The molecule has 0 saturated heterocycles. The number of carboxylic acids is 1. The van der Waals surface area contributed by atoms with E-state index in [-0.39, 0.29) is 0 Å². The van der Waals surface area contributed by atoms with Gasteiger partial charge in [-0.15, -0.1) is 0 Å². The van der Waals surface area contributed by atoms with Crippen molar-refractivity contribution in [1.29, 1.82) is 0 Å². The van der Waals surface area contributed by atoms with E-state index in [2.05, 4.69) is 0 Å². The van der Waals surface area contributed by atoms with Gasteiger partial charge in [-0.05, 0) is 56.9 Å². The molecule has 0 aliphatic rings. The summed E-state index contributed by atoms with van der Waals surface area (Å²) in [5.74, 6) is -0.417. The van der Waals surface area contributed by atoms with E-state index in [0.717, 1.165) is 22.4 Å². The Morgan fingerprint density at radius 3 is 2.35 bits per heavy atom. The predicted octanol–water partition coefficient (Wildman–Crippen LogP) is 4.64. The molecule has 0 spiro atoms. The third-order valence-corrected chi connectivity index (χ3v) is 4.04. The van der Waals surface area contributed by atoms with Gasteiger partial charge in [0.15, 0.2) is 0 Å². The summed E-state index contributed by atoms with van der Waals surface area (Å²) in [6.07, 6.45) is 1.28. The maximum atomic E-state index is 11.6. The van der Waals surface area contributed by atoms with Gasteiger partial charge in [-0.3, -0.25) is 4.79 Å². The lowest BCUT2D eigenvalue weighted by Crippen LogP contribution is -2.14. The molecule has 0 radical (unpaired) electrons. The topological polar surface area (TPSA) is 46.5 Å². The zero-order valence-electron chi connectivity index (χ0n) is 14.0. The Kier molecular flexibility index (Phi) is 5.80. The number of ether oxygens (including phenoxy) is 1. The molecule has 3 nitrogen and oxygen atoms in total. The third-order valence-electron chi connectivity index (χ3n) is 4.04. The van der Waals surface area contributed by atoms with E-state index in [0.29, 0.717) is 19.4 Å². The average molecular weight is 312 g/mol. The summed E-state index contributed by atoms with van der Waals surface area (Å²) < 4.78 is 5.69. The number of aliphatic carboxylic acids is 1. The van der Waals surface area contributed by atoms with Gasteiger partial charge >= 0.3 is 5.97 Å². The van der Waals surface area contributed by atoms with Crippen LogP contribution < -0.4 is 4.74 Å². The van der Waals surface area contributed by atoms with E-state index in [1.165, 1.54) is 5.56 Å². The lowest BCUT2D eigenvalue weighted by atomic mass is 9.90. The maximum absolute atomic E-state index is 11.6. The van der Waals surface area contributed by atoms with Crippen LogP contribution in [0.15, 0.2) is 42.5 Å². The Morgan fingerprint density at radius 2 is 1.70 bits per heavy atom. The molecule has 2 aromatic rings. The van der Waals surface area contributed by atoms with Crippen molar-refractivity contribution in [3.8, 4) is 5.75 Å². The summed E-state index contributed by atoms with van der Waals surface area (Å²) in [5, 5.41) is 9.55. The van der Waals surface area contributed by atoms with Crippen LogP contribution in [-0.4, -0.2) is 17.7 Å². The molecule has 2 aromatic carbocycles. The fourth-order valence-electron chi connectivity index (χ4n) is 2.66. The fraction of sp³-hybridized carbons (Fsp3) is 0.350. The predicted molar refractivity (Wildman–Crippen MR) is 92.2 cm³/mol. The summed E-state index contributed by atoms with van der Waals surface area (Å²) in [5.41, 5.74) is 4.22. The molecular formula is C20H24O3. The van der Waals surface area contributed by atoms with Crippen LogP contribution in [0.2, 0.25) is 0 Å². The standard InChI is InChI=1S/C20H24O3/c1-14-7-10-17(11-8-14)23-12-4-5-18(20(21)22)19-13-15(2)6-9-16(19)3/h6-11,13,18H,4-5,12H2,1-3H3,(H,21,22). The Morgan fingerprint density at radius 1 is 1.04 bits per heavy atom. The normalized spacial score (nSPS) is 12.0. The Hall–Kier alpha value is -2.29. The summed E-state index contributed by atoms with van der Waals surface area (Å²) in [6, 6.07) is 13.9. The molecule has 0 saturated carbocycles. The molecule has 1 unspecified atom stereocenters. The maximum Gasteiger partial charge on any atom is 0.310 e. The van der Waals surface area contributed by atoms with Crippen LogP contribution in [-0.2, 0) is 4.79 Å². The van der Waals surface area contributed by atoms with E-state index < -0.39 is 11.9 Å². The SMILES string of the molecule is Cc1ccc(OCCCC(C(=O)O)c2cc(C)ccc2C)cc1. The quantitative estimate of drug-likeness (QED) is 0.758. The van der Waals surface area contributed by atoms with Crippen molar-refractivity contribution in [3.05, 3.63) is 64.7 Å². The molecule has 3 heteroatoms. The van der Waals surface area contributed by atoms with E-state index in [4.69, 9.17) is 4.74 Å². The van der Waals surface area contributed by atoms with E-state index in [1.54, 1.807) is 0 Å². The second-order valence-electron chi connectivity index (χ2n) is 6.05. The summed E-state index contributed by atoms with van der Waals surface area (Å²) >= 11 is 0. The summed E-state index contributed by atoms with van der Waals surface area (Å²) in [7, 11) is 0. The van der Waals surface area contributed by atoms with E-state index >= 15 is 0 Å². The molecule has 0 aliphatic carbocycles. The highest BCUT2D eigenvalue weighted by atomic mass is 16.5. The van der Waals surface area contributed by atoms with Crippen LogP contribution in [0.3, 0.4) is 0 Å². The van der Waals surface area contributed by atoms with Crippen LogP contribution in [0.25, 0.3) is 0 Å². The number of aryl methyl sites for hydroxylation is 3. The van der Waals surface area contributed by atoms with Crippen LogP contribution >= 0.6 is 0 Å². The van der Waals surface area contributed by atoms with E-state index in [9.17, 15) is 9.90 Å². The third kappa shape index (κ3) is 4.85. The van der Waals surface area contributed by atoms with Gasteiger partial charge in [0.2, 0.25) is 0 Å². The Balaban J connectivity index is 1.94. The Bertz CT molecular complexity index is 659. The largest absolute Gasteiger partial charge is 0.494 e.